The van der Waals surface area contributed by atoms with E-state index in [0.29, 0.717) is 18.4 Å². The number of nitrogens with one attached hydrogen (secondary N) is 1. The topological polar surface area (TPSA) is 56.3 Å². The molecule has 21 heavy (non-hydrogen) atoms. The molecular weight excluding hydrogens is 266 g/mol. The normalized spacial score (nSPS) is 13.2. The van der Waals surface area contributed by atoms with Crippen molar-refractivity contribution in [2.45, 2.75) is 26.2 Å². The average Bonchev–Trinajstić information content (AvgIpc) is 2.54. The number of fused-ring (bicyclic) bond motifs is 1. The predicted octanol–water partition coefficient (Wildman–Crippen LogP) is 3.42. The van der Waals surface area contributed by atoms with Crippen LogP contribution in [0.25, 0.3) is 0 Å². The zero-order chi connectivity index (χ0) is 14.5. The molecule has 0 atom stereocenters. The molecule has 1 aromatic carbocycles. The molecule has 0 unspecified atom stereocenters. The van der Waals surface area contributed by atoms with Gasteiger partial charge in [0.05, 0.1) is 18.4 Å². The summed E-state index contributed by atoms with van der Waals surface area (Å²) in [5.41, 5.74) is 2.36. The predicted molar refractivity (Wildman–Crippen MR) is 81.1 cm³/mol. The van der Waals surface area contributed by atoms with Gasteiger partial charge in [-0.05, 0) is 30.9 Å². The van der Waals surface area contributed by atoms with Crippen LogP contribution in [-0.2, 0) is 6.42 Å². The van der Waals surface area contributed by atoms with Crippen molar-refractivity contribution in [3.8, 4) is 17.5 Å². The van der Waals surface area contributed by atoms with Gasteiger partial charge < -0.3 is 14.8 Å². The summed E-state index contributed by atoms with van der Waals surface area (Å²) in [4.78, 5) is 8.23. The maximum absolute atomic E-state index is 5.90. The first-order valence-electron chi connectivity index (χ1n) is 7.35. The quantitative estimate of drug-likeness (QED) is 0.912. The van der Waals surface area contributed by atoms with E-state index >= 15 is 0 Å². The van der Waals surface area contributed by atoms with Crippen molar-refractivity contribution < 1.29 is 9.47 Å². The molecular formula is C16H19N3O2. The van der Waals surface area contributed by atoms with Crippen molar-refractivity contribution in [3.63, 3.8) is 0 Å². The summed E-state index contributed by atoms with van der Waals surface area (Å²) in [6, 6.07) is 7.81. The van der Waals surface area contributed by atoms with Crippen molar-refractivity contribution in [1.29, 1.82) is 0 Å². The number of anilines is 1. The van der Waals surface area contributed by atoms with Crippen molar-refractivity contribution in [2.75, 3.05) is 18.5 Å². The number of hydrogen-bond acceptors (Lipinski definition) is 5. The molecule has 0 fully saturated rings. The van der Waals surface area contributed by atoms with Gasteiger partial charge in [-0.15, -0.1) is 0 Å². The van der Waals surface area contributed by atoms with E-state index < -0.39 is 0 Å². The first-order valence-corrected chi connectivity index (χ1v) is 7.35. The molecule has 110 valence electrons. The highest BCUT2D eigenvalue weighted by molar-refractivity contribution is 5.64. The van der Waals surface area contributed by atoms with E-state index in [0.717, 1.165) is 37.2 Å². The van der Waals surface area contributed by atoms with E-state index in [9.17, 15) is 0 Å². The SMILES string of the molecule is CCCOc1cc(Oc2cccc3c2NCCC3)ncn1. The lowest BCUT2D eigenvalue weighted by atomic mass is 10.0. The second kappa shape index (κ2) is 6.43. The zero-order valence-electron chi connectivity index (χ0n) is 12.1. The fourth-order valence-electron chi connectivity index (χ4n) is 2.34. The third-order valence-corrected chi connectivity index (χ3v) is 3.32. The lowest BCUT2D eigenvalue weighted by Gasteiger charge is -2.20. The molecule has 0 aliphatic carbocycles. The van der Waals surface area contributed by atoms with Gasteiger partial charge in [0.15, 0.2) is 5.75 Å². The number of hydrogen-bond donors (Lipinski definition) is 1. The third-order valence-electron chi connectivity index (χ3n) is 3.32. The van der Waals surface area contributed by atoms with E-state index in [1.165, 1.54) is 11.9 Å². The second-order valence-corrected chi connectivity index (χ2v) is 4.97. The minimum Gasteiger partial charge on any atom is -0.477 e. The third kappa shape index (κ3) is 3.24. The van der Waals surface area contributed by atoms with Gasteiger partial charge in [0, 0.05) is 6.54 Å². The Morgan fingerprint density at radius 1 is 1.24 bits per heavy atom. The largest absolute Gasteiger partial charge is 0.477 e. The van der Waals surface area contributed by atoms with Crippen molar-refractivity contribution in [3.05, 3.63) is 36.2 Å². The van der Waals surface area contributed by atoms with Crippen LogP contribution in [0.4, 0.5) is 5.69 Å². The van der Waals surface area contributed by atoms with Gasteiger partial charge in [-0.25, -0.2) is 9.97 Å². The number of benzene rings is 1. The highest BCUT2D eigenvalue weighted by atomic mass is 16.5. The lowest BCUT2D eigenvalue weighted by molar-refractivity contribution is 0.302. The maximum atomic E-state index is 5.90. The Hall–Kier alpha value is -2.30. The van der Waals surface area contributed by atoms with Crippen LogP contribution in [0.3, 0.4) is 0 Å². The molecule has 0 radical (unpaired) electrons. The molecule has 0 saturated carbocycles. The van der Waals surface area contributed by atoms with Gasteiger partial charge in [-0.3, -0.25) is 0 Å². The molecule has 2 heterocycles. The Kier molecular flexibility index (Phi) is 4.19. The Morgan fingerprint density at radius 2 is 2.14 bits per heavy atom. The van der Waals surface area contributed by atoms with E-state index in [4.69, 9.17) is 9.47 Å². The van der Waals surface area contributed by atoms with Gasteiger partial charge in [0.2, 0.25) is 11.8 Å². The van der Waals surface area contributed by atoms with Gasteiger partial charge in [0.25, 0.3) is 0 Å². The number of para-hydroxylation sites is 1. The monoisotopic (exact) mass is 285 g/mol. The van der Waals surface area contributed by atoms with Gasteiger partial charge in [-0.2, -0.15) is 0 Å². The molecule has 0 bridgehead atoms. The Morgan fingerprint density at radius 3 is 3.05 bits per heavy atom. The van der Waals surface area contributed by atoms with E-state index in [2.05, 4.69) is 28.3 Å². The van der Waals surface area contributed by atoms with Crippen LogP contribution in [0.15, 0.2) is 30.6 Å². The lowest BCUT2D eigenvalue weighted by Crippen LogP contribution is -2.12. The highest BCUT2D eigenvalue weighted by Gasteiger charge is 2.14. The summed E-state index contributed by atoms with van der Waals surface area (Å²) in [5.74, 6) is 1.84. The van der Waals surface area contributed by atoms with Crippen molar-refractivity contribution in [2.24, 2.45) is 0 Å². The first kappa shape index (κ1) is 13.7. The number of nitrogens with zero attached hydrogens (tertiary/aromatic N) is 2. The molecule has 0 amide bonds. The molecule has 5 nitrogen and oxygen atoms in total. The summed E-state index contributed by atoms with van der Waals surface area (Å²) in [6.45, 7) is 3.67. The minimum atomic E-state index is 0.497. The molecule has 1 aromatic heterocycles. The Balaban J connectivity index is 1.80. The molecule has 0 spiro atoms. The second-order valence-electron chi connectivity index (χ2n) is 4.97. The summed E-state index contributed by atoms with van der Waals surface area (Å²) in [7, 11) is 0. The van der Waals surface area contributed by atoms with Crippen LogP contribution in [-0.4, -0.2) is 23.1 Å². The molecule has 0 saturated heterocycles. The summed E-state index contributed by atoms with van der Waals surface area (Å²) in [5, 5.41) is 3.40. The minimum absolute atomic E-state index is 0.497. The molecule has 3 rings (SSSR count). The summed E-state index contributed by atoms with van der Waals surface area (Å²) in [6.07, 6.45) is 4.63. The number of aromatic nitrogens is 2. The number of ether oxygens (including phenoxy) is 2. The number of rotatable bonds is 5. The molecule has 5 heteroatoms. The fraction of sp³-hybridized carbons (Fsp3) is 0.375. The zero-order valence-corrected chi connectivity index (χ0v) is 12.1. The van der Waals surface area contributed by atoms with E-state index in [-0.39, 0.29) is 0 Å². The smallest absolute Gasteiger partial charge is 0.226 e. The van der Waals surface area contributed by atoms with Crippen molar-refractivity contribution >= 4 is 5.69 Å². The molecule has 1 aliphatic heterocycles. The van der Waals surface area contributed by atoms with E-state index in [1.807, 2.05) is 12.1 Å². The van der Waals surface area contributed by atoms with Gasteiger partial charge in [-0.1, -0.05) is 19.1 Å². The van der Waals surface area contributed by atoms with Crippen LogP contribution in [0.5, 0.6) is 17.5 Å². The Bertz CT molecular complexity index is 616. The standard InChI is InChI=1S/C16H19N3O2/c1-2-9-20-14-10-15(19-11-18-14)21-13-7-3-5-12-6-4-8-17-16(12)13/h3,5,7,10-11,17H,2,4,6,8-9H2,1H3. The molecule has 1 N–H and O–H groups in total. The first-order chi connectivity index (χ1) is 10.4. The average molecular weight is 285 g/mol. The molecule has 1 aliphatic rings. The Labute approximate surface area is 124 Å². The van der Waals surface area contributed by atoms with Crippen LogP contribution in [0.2, 0.25) is 0 Å². The van der Waals surface area contributed by atoms with Gasteiger partial charge in [0.1, 0.15) is 6.33 Å². The van der Waals surface area contributed by atoms with E-state index in [1.54, 1.807) is 6.07 Å². The van der Waals surface area contributed by atoms with Gasteiger partial charge >= 0.3 is 0 Å². The number of aryl methyl sites for hydroxylation is 1. The van der Waals surface area contributed by atoms with Crippen LogP contribution in [0, 0.1) is 0 Å². The summed E-state index contributed by atoms with van der Waals surface area (Å²) < 4.78 is 11.4. The maximum Gasteiger partial charge on any atom is 0.226 e. The van der Waals surface area contributed by atoms with Crippen LogP contribution >= 0.6 is 0 Å². The fourth-order valence-corrected chi connectivity index (χ4v) is 2.34. The highest BCUT2D eigenvalue weighted by Crippen LogP contribution is 2.34. The molecule has 2 aromatic rings. The van der Waals surface area contributed by atoms with Crippen LogP contribution < -0.4 is 14.8 Å². The summed E-state index contributed by atoms with van der Waals surface area (Å²) >= 11 is 0. The van der Waals surface area contributed by atoms with Crippen molar-refractivity contribution in [1.82, 2.24) is 9.97 Å². The van der Waals surface area contributed by atoms with Crippen LogP contribution in [0.1, 0.15) is 25.3 Å².